The molecule has 0 bridgehead atoms. The maximum Gasteiger partial charge on any atom is -0.00267 e. The molecule has 0 N–H and O–H groups in total. The van der Waals surface area contributed by atoms with E-state index in [0.29, 0.717) is 0 Å². The molecule has 0 spiro atoms. The van der Waals surface area contributed by atoms with E-state index < -0.39 is 0 Å². The maximum absolute atomic E-state index is 2.35. The van der Waals surface area contributed by atoms with Crippen LogP contribution in [-0.2, 0) is 0 Å². The van der Waals surface area contributed by atoms with Gasteiger partial charge >= 0.3 is 0 Å². The Morgan fingerprint density at radius 3 is 1.86 bits per heavy atom. The van der Waals surface area contributed by atoms with Crippen LogP contribution in [0.1, 0.15) is 38.5 Å². The Morgan fingerprint density at radius 2 is 1.29 bits per heavy atom. The van der Waals surface area contributed by atoms with Crippen LogP contribution in [0.4, 0.5) is 0 Å². The molecule has 3 aliphatic carbocycles. The Balaban J connectivity index is 1.92. The summed E-state index contributed by atoms with van der Waals surface area (Å²) in [4.78, 5) is 0. The second kappa shape index (κ2) is 3.27. The van der Waals surface area contributed by atoms with Crippen molar-refractivity contribution in [3.05, 3.63) is 46.6 Å². The first-order chi connectivity index (χ1) is 6.93. The maximum atomic E-state index is 2.35. The van der Waals surface area contributed by atoms with Crippen LogP contribution >= 0.6 is 0 Å². The molecule has 0 heterocycles. The summed E-state index contributed by atoms with van der Waals surface area (Å²) in [5.74, 6) is 0. The minimum absolute atomic E-state index is 1.21. The highest BCUT2D eigenvalue weighted by Crippen LogP contribution is 2.39. The molecule has 3 aliphatic rings. The highest BCUT2D eigenvalue weighted by atomic mass is 14.2. The first-order valence-corrected chi connectivity index (χ1v) is 5.68. The number of allylic oxidation sites excluding steroid dienone is 8. The second-order valence-corrected chi connectivity index (χ2v) is 4.49. The zero-order valence-corrected chi connectivity index (χ0v) is 8.55. The van der Waals surface area contributed by atoms with Crippen molar-refractivity contribution in [3.63, 3.8) is 0 Å². The van der Waals surface area contributed by atoms with E-state index in [2.05, 4.69) is 24.3 Å². The number of hydrogen-bond donors (Lipinski definition) is 0. The fourth-order valence-corrected chi connectivity index (χ4v) is 2.76. The van der Waals surface area contributed by atoms with Crippen LogP contribution < -0.4 is 0 Å². The van der Waals surface area contributed by atoms with Crippen LogP contribution in [-0.4, -0.2) is 0 Å². The second-order valence-electron chi connectivity index (χ2n) is 4.49. The molecular weight excluding hydrogens is 168 g/mol. The average Bonchev–Trinajstić information content (AvgIpc) is 2.26. The molecule has 0 radical (unpaired) electrons. The average molecular weight is 184 g/mol. The smallest absolute Gasteiger partial charge is 0.00267 e. The van der Waals surface area contributed by atoms with Gasteiger partial charge in [-0.1, -0.05) is 35.5 Å². The Hall–Kier alpha value is -1.04. The van der Waals surface area contributed by atoms with Gasteiger partial charge in [-0.2, -0.15) is 0 Å². The molecule has 3 rings (SSSR count). The molecule has 0 saturated carbocycles. The molecule has 0 fully saturated rings. The lowest BCUT2D eigenvalue weighted by molar-refractivity contribution is 0.784. The topological polar surface area (TPSA) is 0 Å². The van der Waals surface area contributed by atoms with Crippen molar-refractivity contribution in [2.24, 2.45) is 0 Å². The highest BCUT2D eigenvalue weighted by molar-refractivity contribution is 5.46. The predicted molar refractivity (Wildman–Crippen MR) is 60.0 cm³/mol. The summed E-state index contributed by atoms with van der Waals surface area (Å²) in [5, 5.41) is 0. The van der Waals surface area contributed by atoms with E-state index in [-0.39, 0.29) is 0 Å². The summed E-state index contributed by atoms with van der Waals surface area (Å²) in [7, 11) is 0. The van der Waals surface area contributed by atoms with Gasteiger partial charge in [-0.15, -0.1) is 0 Å². The SMILES string of the molecule is C1=CC2=C(CC1)CC1=C(C=CCC1)C2. The normalized spacial score (nSPS) is 25.1. The van der Waals surface area contributed by atoms with Crippen molar-refractivity contribution >= 4 is 0 Å². The summed E-state index contributed by atoms with van der Waals surface area (Å²) >= 11 is 0. The van der Waals surface area contributed by atoms with Gasteiger partial charge in [0.15, 0.2) is 0 Å². The summed E-state index contributed by atoms with van der Waals surface area (Å²) < 4.78 is 0. The zero-order chi connectivity index (χ0) is 9.38. The van der Waals surface area contributed by atoms with Gasteiger partial charge in [-0.25, -0.2) is 0 Å². The first-order valence-electron chi connectivity index (χ1n) is 5.68. The number of rotatable bonds is 0. The lowest BCUT2D eigenvalue weighted by Gasteiger charge is -2.27. The highest BCUT2D eigenvalue weighted by Gasteiger charge is 2.19. The Morgan fingerprint density at radius 1 is 0.714 bits per heavy atom. The monoisotopic (exact) mass is 184 g/mol. The summed E-state index contributed by atoms with van der Waals surface area (Å²) in [5.41, 5.74) is 6.67. The van der Waals surface area contributed by atoms with E-state index in [1.54, 1.807) is 22.3 Å². The van der Waals surface area contributed by atoms with E-state index >= 15 is 0 Å². The molecular formula is C14H16. The Bertz CT molecular complexity index is 339. The van der Waals surface area contributed by atoms with Crippen molar-refractivity contribution in [2.45, 2.75) is 38.5 Å². The molecule has 0 unspecified atom stereocenters. The Labute approximate surface area is 85.7 Å². The van der Waals surface area contributed by atoms with E-state index in [9.17, 15) is 0 Å². The van der Waals surface area contributed by atoms with Crippen LogP contribution in [0.2, 0.25) is 0 Å². The Kier molecular flexibility index (Phi) is 1.93. The molecule has 14 heavy (non-hydrogen) atoms. The standard InChI is InChI=1S/C14H16/c1-2-6-12-10-14-8-4-3-7-13(14)9-11(12)5-1/h1,3,5,7H,2,4,6,8-10H2. The van der Waals surface area contributed by atoms with Crippen LogP contribution in [0.25, 0.3) is 0 Å². The number of hydrogen-bond acceptors (Lipinski definition) is 0. The minimum Gasteiger partial charge on any atom is -0.0839 e. The molecule has 0 nitrogen and oxygen atoms in total. The molecule has 0 aromatic carbocycles. The molecule has 0 saturated heterocycles. The van der Waals surface area contributed by atoms with Gasteiger partial charge in [0.1, 0.15) is 0 Å². The molecule has 0 aromatic heterocycles. The van der Waals surface area contributed by atoms with Crippen LogP contribution in [0, 0.1) is 0 Å². The van der Waals surface area contributed by atoms with Crippen molar-refractivity contribution in [2.75, 3.05) is 0 Å². The lowest BCUT2D eigenvalue weighted by atomic mass is 9.79. The van der Waals surface area contributed by atoms with Gasteiger partial charge in [0.2, 0.25) is 0 Å². The van der Waals surface area contributed by atoms with Crippen LogP contribution in [0.5, 0.6) is 0 Å². The fourth-order valence-electron chi connectivity index (χ4n) is 2.76. The van der Waals surface area contributed by atoms with Gasteiger partial charge in [0.05, 0.1) is 0 Å². The van der Waals surface area contributed by atoms with Crippen LogP contribution in [0.3, 0.4) is 0 Å². The van der Waals surface area contributed by atoms with E-state index in [4.69, 9.17) is 0 Å². The summed E-state index contributed by atoms with van der Waals surface area (Å²) in [6, 6.07) is 0. The quantitative estimate of drug-likeness (QED) is 0.532. The van der Waals surface area contributed by atoms with Gasteiger partial charge in [-0.3, -0.25) is 0 Å². The van der Waals surface area contributed by atoms with Crippen molar-refractivity contribution in [1.82, 2.24) is 0 Å². The molecule has 0 amide bonds. The third kappa shape index (κ3) is 1.30. The first kappa shape index (κ1) is 8.28. The summed E-state index contributed by atoms with van der Waals surface area (Å²) in [6.45, 7) is 0. The van der Waals surface area contributed by atoms with Gasteiger partial charge in [0, 0.05) is 0 Å². The fraction of sp³-hybridized carbons (Fsp3) is 0.429. The zero-order valence-electron chi connectivity index (χ0n) is 8.55. The third-order valence-corrected chi connectivity index (χ3v) is 3.58. The van der Waals surface area contributed by atoms with Crippen molar-refractivity contribution in [3.8, 4) is 0 Å². The minimum atomic E-state index is 1.21. The van der Waals surface area contributed by atoms with E-state index in [1.807, 2.05) is 0 Å². The van der Waals surface area contributed by atoms with Gasteiger partial charge in [-0.05, 0) is 49.7 Å². The largest absolute Gasteiger partial charge is 0.0839 e. The van der Waals surface area contributed by atoms with Crippen LogP contribution in [0.15, 0.2) is 46.6 Å². The molecule has 0 atom stereocenters. The molecule has 72 valence electrons. The lowest BCUT2D eigenvalue weighted by Crippen LogP contribution is -2.07. The van der Waals surface area contributed by atoms with E-state index in [0.717, 1.165) is 0 Å². The third-order valence-electron chi connectivity index (χ3n) is 3.58. The molecule has 0 aromatic rings. The molecule has 0 aliphatic heterocycles. The van der Waals surface area contributed by atoms with Gasteiger partial charge < -0.3 is 0 Å². The van der Waals surface area contributed by atoms with Crippen molar-refractivity contribution in [1.29, 1.82) is 0 Å². The van der Waals surface area contributed by atoms with E-state index in [1.165, 1.54) is 38.5 Å². The van der Waals surface area contributed by atoms with Gasteiger partial charge in [0.25, 0.3) is 0 Å². The van der Waals surface area contributed by atoms with Crippen molar-refractivity contribution < 1.29 is 0 Å². The predicted octanol–water partition coefficient (Wildman–Crippen LogP) is 4.07. The molecule has 0 heteroatoms. The summed E-state index contributed by atoms with van der Waals surface area (Å²) in [6.07, 6.45) is 17.0.